The minimum atomic E-state index is -1.01. The van der Waals surface area contributed by atoms with Crippen LogP contribution in [0.4, 0.5) is 0 Å². The molecule has 3 N–H and O–H groups in total. The smallest absolute Gasteiger partial charge is 0.291 e. The summed E-state index contributed by atoms with van der Waals surface area (Å²) >= 11 is 0. The minimum Gasteiger partial charge on any atom is -0.494 e. The Kier molecular flexibility index (Phi) is 6.28. The van der Waals surface area contributed by atoms with Crippen molar-refractivity contribution in [2.45, 2.75) is 77.6 Å². The van der Waals surface area contributed by atoms with Gasteiger partial charge in [0.25, 0.3) is 11.5 Å². The molecular formula is C24H33N5O5. The van der Waals surface area contributed by atoms with Gasteiger partial charge in [-0.25, -0.2) is 0 Å². The van der Waals surface area contributed by atoms with Crippen LogP contribution in [0.15, 0.2) is 17.1 Å². The van der Waals surface area contributed by atoms with Crippen molar-refractivity contribution in [1.82, 2.24) is 24.4 Å². The summed E-state index contributed by atoms with van der Waals surface area (Å²) < 4.78 is 2.60. The van der Waals surface area contributed by atoms with Crippen LogP contribution in [0.25, 0.3) is 11.7 Å². The fourth-order valence-electron chi connectivity index (χ4n) is 4.57. The lowest BCUT2D eigenvalue weighted by atomic mass is 9.96. The van der Waals surface area contributed by atoms with E-state index in [0.29, 0.717) is 24.3 Å². The molecule has 2 aromatic heterocycles. The fourth-order valence-corrected chi connectivity index (χ4v) is 4.57. The zero-order valence-electron chi connectivity index (χ0n) is 20.1. The normalized spacial score (nSPS) is 19.0. The first-order chi connectivity index (χ1) is 16.0. The van der Waals surface area contributed by atoms with Gasteiger partial charge in [0.1, 0.15) is 5.65 Å². The highest BCUT2D eigenvalue weighted by Crippen LogP contribution is 2.28. The molecule has 4 rings (SSSR count). The number of hydrogen-bond donors (Lipinski definition) is 3. The lowest BCUT2D eigenvalue weighted by molar-refractivity contribution is -0.131. The van der Waals surface area contributed by atoms with Crippen molar-refractivity contribution in [2.75, 3.05) is 6.54 Å². The average molecular weight is 472 g/mol. The van der Waals surface area contributed by atoms with E-state index in [1.54, 1.807) is 24.8 Å². The first-order valence-corrected chi connectivity index (χ1v) is 11.8. The molecule has 34 heavy (non-hydrogen) atoms. The van der Waals surface area contributed by atoms with Crippen LogP contribution in [0, 0.1) is 5.92 Å². The third kappa shape index (κ3) is 4.59. The third-order valence-electron chi connectivity index (χ3n) is 6.36. The number of carbonyl (C=O) groups excluding carboxylic acids is 2. The number of nitrogens with zero attached hydrogens (tertiary/aromatic N) is 4. The SMILES string of the molecule is CC(C)Cn1c(O)c(C(=O)NC2CC2)c(=O)n2ncc(/C=C/C(=O)N3CCC[C@@H]3C(C)(C)O)c12. The highest BCUT2D eigenvalue weighted by atomic mass is 16.3. The van der Waals surface area contributed by atoms with Crippen LogP contribution in [0.3, 0.4) is 0 Å². The second-order valence-electron chi connectivity index (χ2n) is 10.3. The van der Waals surface area contributed by atoms with Gasteiger partial charge in [-0.1, -0.05) is 13.8 Å². The van der Waals surface area contributed by atoms with Gasteiger partial charge in [-0.2, -0.15) is 9.61 Å². The number of amides is 2. The standard InChI is InChI=1S/C24H33N5O5/c1-14(2)13-28-21-15(7-10-18(30)27-11-5-6-17(27)24(3,4)34)12-25-29(21)23(33)19(22(28)32)20(31)26-16-8-9-16/h7,10,12,14,16-17,32,34H,5-6,8-9,11,13H2,1-4H3,(H,26,31)/b10-7+/t17-/m1/s1. The predicted octanol–water partition coefficient (Wildman–Crippen LogP) is 1.52. The lowest BCUT2D eigenvalue weighted by Crippen LogP contribution is -2.47. The molecule has 2 fully saturated rings. The maximum absolute atomic E-state index is 13.1. The summed E-state index contributed by atoms with van der Waals surface area (Å²) in [7, 11) is 0. The number of rotatable bonds is 7. The number of aromatic hydroxyl groups is 1. The Morgan fingerprint density at radius 3 is 2.62 bits per heavy atom. The van der Waals surface area contributed by atoms with Gasteiger partial charge in [0.15, 0.2) is 5.56 Å². The number of carbonyl (C=O) groups is 2. The van der Waals surface area contributed by atoms with Crippen LogP contribution in [0.2, 0.25) is 0 Å². The largest absolute Gasteiger partial charge is 0.494 e. The molecule has 2 amide bonds. The molecule has 1 aliphatic carbocycles. The van der Waals surface area contributed by atoms with Gasteiger partial charge in [0, 0.05) is 30.8 Å². The molecule has 2 aromatic rings. The molecule has 10 nitrogen and oxygen atoms in total. The third-order valence-corrected chi connectivity index (χ3v) is 6.36. The molecule has 0 bridgehead atoms. The van der Waals surface area contributed by atoms with Crippen LogP contribution in [-0.4, -0.2) is 65.3 Å². The maximum Gasteiger partial charge on any atom is 0.291 e. The van der Waals surface area contributed by atoms with E-state index in [1.165, 1.54) is 16.8 Å². The van der Waals surface area contributed by atoms with Crippen molar-refractivity contribution >= 4 is 23.5 Å². The van der Waals surface area contributed by atoms with Crippen LogP contribution >= 0.6 is 0 Å². The summed E-state index contributed by atoms with van der Waals surface area (Å²) in [5.74, 6) is -1.17. The second kappa shape index (κ2) is 8.90. The number of aromatic nitrogens is 3. The number of aliphatic hydroxyl groups is 1. The zero-order chi connectivity index (χ0) is 24.8. The van der Waals surface area contributed by atoms with Crippen LogP contribution in [0.5, 0.6) is 5.88 Å². The Bertz CT molecular complexity index is 1200. The molecule has 0 aromatic carbocycles. The van der Waals surface area contributed by atoms with E-state index in [1.807, 2.05) is 13.8 Å². The predicted molar refractivity (Wildman–Crippen MR) is 127 cm³/mol. The summed E-state index contributed by atoms with van der Waals surface area (Å²) in [6, 6.07) is -0.245. The Morgan fingerprint density at radius 1 is 1.29 bits per heavy atom. The van der Waals surface area contributed by atoms with Crippen LogP contribution in [-0.2, 0) is 11.3 Å². The first-order valence-electron chi connectivity index (χ1n) is 11.8. The van der Waals surface area contributed by atoms with Crippen molar-refractivity contribution in [3.05, 3.63) is 33.8 Å². The summed E-state index contributed by atoms with van der Waals surface area (Å²) in [5.41, 5.74) is -1.28. The molecule has 184 valence electrons. The quantitative estimate of drug-likeness (QED) is 0.525. The molecule has 1 saturated carbocycles. The van der Waals surface area contributed by atoms with E-state index in [2.05, 4.69) is 10.4 Å². The molecule has 3 heterocycles. The van der Waals surface area contributed by atoms with E-state index in [0.717, 1.165) is 30.2 Å². The summed E-state index contributed by atoms with van der Waals surface area (Å²) in [6.45, 7) is 8.21. The Morgan fingerprint density at radius 2 is 2.00 bits per heavy atom. The Balaban J connectivity index is 1.73. The summed E-state index contributed by atoms with van der Waals surface area (Å²) in [6.07, 6.45) is 7.65. The van der Waals surface area contributed by atoms with E-state index in [-0.39, 0.29) is 29.5 Å². The molecule has 0 radical (unpaired) electrons. The molecule has 0 unspecified atom stereocenters. The second-order valence-corrected chi connectivity index (χ2v) is 10.3. The number of hydrogen-bond acceptors (Lipinski definition) is 6. The van der Waals surface area contributed by atoms with Gasteiger partial charge < -0.3 is 20.4 Å². The summed E-state index contributed by atoms with van der Waals surface area (Å²) in [5, 5.41) is 28.3. The molecule has 1 aliphatic heterocycles. The van der Waals surface area contributed by atoms with Gasteiger partial charge in [-0.15, -0.1) is 0 Å². The van der Waals surface area contributed by atoms with Gasteiger partial charge in [-0.3, -0.25) is 19.0 Å². The monoisotopic (exact) mass is 471 g/mol. The van der Waals surface area contributed by atoms with E-state index >= 15 is 0 Å². The highest BCUT2D eigenvalue weighted by molar-refractivity contribution is 5.97. The maximum atomic E-state index is 13.1. The van der Waals surface area contributed by atoms with Crippen LogP contribution in [0.1, 0.15) is 69.3 Å². The number of likely N-dealkylation sites (tertiary alicyclic amines) is 1. The number of nitrogens with one attached hydrogen (secondary N) is 1. The van der Waals surface area contributed by atoms with Gasteiger partial charge in [0.2, 0.25) is 11.8 Å². The topological polar surface area (TPSA) is 129 Å². The van der Waals surface area contributed by atoms with Gasteiger partial charge >= 0.3 is 0 Å². The molecule has 1 atom stereocenters. The van der Waals surface area contributed by atoms with E-state index in [9.17, 15) is 24.6 Å². The summed E-state index contributed by atoms with van der Waals surface area (Å²) in [4.78, 5) is 40.3. The van der Waals surface area contributed by atoms with E-state index < -0.39 is 22.9 Å². The lowest BCUT2D eigenvalue weighted by Gasteiger charge is -2.33. The first kappa shape index (κ1) is 24.0. The van der Waals surface area contributed by atoms with Crippen molar-refractivity contribution in [3.63, 3.8) is 0 Å². The molecule has 2 aliphatic rings. The highest BCUT2D eigenvalue weighted by Gasteiger charge is 2.37. The average Bonchev–Trinajstić information content (AvgIpc) is 3.25. The zero-order valence-corrected chi connectivity index (χ0v) is 20.1. The minimum absolute atomic E-state index is 0.0287. The van der Waals surface area contributed by atoms with Crippen molar-refractivity contribution in [2.24, 2.45) is 5.92 Å². The number of fused-ring (bicyclic) bond motifs is 1. The van der Waals surface area contributed by atoms with Crippen molar-refractivity contribution < 1.29 is 19.8 Å². The van der Waals surface area contributed by atoms with E-state index in [4.69, 9.17) is 0 Å². The Hall–Kier alpha value is -3.14. The van der Waals surface area contributed by atoms with Crippen LogP contribution < -0.4 is 10.9 Å². The Labute approximate surface area is 197 Å². The molecule has 0 spiro atoms. The van der Waals surface area contributed by atoms with Crippen molar-refractivity contribution in [3.8, 4) is 5.88 Å². The molecular weight excluding hydrogens is 438 g/mol. The van der Waals surface area contributed by atoms with Crippen molar-refractivity contribution in [1.29, 1.82) is 0 Å². The van der Waals surface area contributed by atoms with Gasteiger partial charge in [-0.05, 0) is 51.5 Å². The molecule has 10 heteroatoms. The molecule has 1 saturated heterocycles. The fraction of sp³-hybridized carbons (Fsp3) is 0.583. The van der Waals surface area contributed by atoms with Gasteiger partial charge in [0.05, 0.1) is 17.8 Å².